The maximum absolute atomic E-state index is 11.5. The summed E-state index contributed by atoms with van der Waals surface area (Å²) >= 11 is 3.34. The van der Waals surface area contributed by atoms with Crippen molar-refractivity contribution in [2.45, 2.75) is 12.5 Å². The molecule has 0 heterocycles. The lowest BCUT2D eigenvalue weighted by Gasteiger charge is -2.15. The van der Waals surface area contributed by atoms with Crippen LogP contribution in [-0.2, 0) is 20.7 Å². The number of carbonyl (C=O) groups is 2. The summed E-state index contributed by atoms with van der Waals surface area (Å²) in [7, 11) is 2.51. The van der Waals surface area contributed by atoms with Gasteiger partial charge in [0.15, 0.2) is 0 Å². The van der Waals surface area contributed by atoms with Gasteiger partial charge < -0.3 is 14.8 Å². The molecule has 0 aliphatic heterocycles. The van der Waals surface area contributed by atoms with Crippen molar-refractivity contribution in [2.24, 2.45) is 0 Å². The summed E-state index contributed by atoms with van der Waals surface area (Å²) in [5.74, 6) is -0.514. The first-order valence-corrected chi connectivity index (χ1v) is 6.03. The fourth-order valence-corrected chi connectivity index (χ4v) is 1.88. The van der Waals surface area contributed by atoms with E-state index < -0.39 is 18.1 Å². The van der Waals surface area contributed by atoms with Crippen molar-refractivity contribution in [3.63, 3.8) is 0 Å². The number of methoxy groups -OCH3 is 2. The molecule has 0 bridgehead atoms. The highest BCUT2D eigenvalue weighted by molar-refractivity contribution is 9.10. The molecule has 0 aromatic heterocycles. The predicted molar refractivity (Wildman–Crippen MR) is 69.2 cm³/mol. The molecule has 1 rings (SSSR count). The van der Waals surface area contributed by atoms with E-state index in [0.717, 1.165) is 10.0 Å². The summed E-state index contributed by atoms with van der Waals surface area (Å²) in [6.07, 6.45) is -0.332. The van der Waals surface area contributed by atoms with E-state index in [9.17, 15) is 9.59 Å². The first-order chi connectivity index (χ1) is 8.56. The van der Waals surface area contributed by atoms with Gasteiger partial charge in [0.1, 0.15) is 6.04 Å². The molecule has 6 heteroatoms. The smallest absolute Gasteiger partial charge is 0.407 e. The maximum atomic E-state index is 11.5. The van der Waals surface area contributed by atoms with Crippen molar-refractivity contribution in [1.29, 1.82) is 0 Å². The van der Waals surface area contributed by atoms with E-state index in [4.69, 9.17) is 0 Å². The van der Waals surface area contributed by atoms with E-state index in [0.29, 0.717) is 6.42 Å². The molecular formula is C12H14BrNO4. The number of alkyl carbamates (subject to hydrolysis) is 1. The topological polar surface area (TPSA) is 64.6 Å². The van der Waals surface area contributed by atoms with Gasteiger partial charge in [-0.3, -0.25) is 0 Å². The quantitative estimate of drug-likeness (QED) is 0.862. The lowest BCUT2D eigenvalue weighted by atomic mass is 10.1. The summed E-state index contributed by atoms with van der Waals surface area (Å²) < 4.78 is 10.0. The Morgan fingerprint density at radius 2 is 2.06 bits per heavy atom. The molecule has 0 fully saturated rings. The molecule has 0 aliphatic rings. The van der Waals surface area contributed by atoms with Crippen LogP contribution >= 0.6 is 15.9 Å². The van der Waals surface area contributed by atoms with Crippen molar-refractivity contribution in [3.8, 4) is 0 Å². The average molecular weight is 316 g/mol. The van der Waals surface area contributed by atoms with E-state index >= 15 is 0 Å². The van der Waals surface area contributed by atoms with E-state index in [1.54, 1.807) is 0 Å². The lowest BCUT2D eigenvalue weighted by molar-refractivity contribution is -0.142. The van der Waals surface area contributed by atoms with Gasteiger partial charge in [0.2, 0.25) is 0 Å². The summed E-state index contributed by atoms with van der Waals surface area (Å²) in [6, 6.07) is 6.70. The largest absolute Gasteiger partial charge is 0.467 e. The molecule has 0 saturated heterocycles. The molecule has 1 amide bonds. The number of rotatable bonds is 4. The van der Waals surface area contributed by atoms with Crippen molar-refractivity contribution < 1.29 is 19.1 Å². The lowest BCUT2D eigenvalue weighted by Crippen LogP contribution is -2.43. The minimum absolute atomic E-state index is 0.335. The number of benzene rings is 1. The van der Waals surface area contributed by atoms with Gasteiger partial charge in [0, 0.05) is 10.9 Å². The number of halogens is 1. The van der Waals surface area contributed by atoms with Gasteiger partial charge in [-0.25, -0.2) is 9.59 Å². The molecule has 0 saturated carbocycles. The molecule has 0 aliphatic carbocycles. The van der Waals surface area contributed by atoms with Crippen LogP contribution in [0.2, 0.25) is 0 Å². The standard InChI is InChI=1S/C12H14BrNO4/c1-17-11(15)10(14-12(16)18-2)7-8-4-3-5-9(13)6-8/h3-6,10H,7H2,1-2H3,(H,14,16)/t10-/m1/s1. The molecule has 1 aromatic carbocycles. The molecule has 5 nitrogen and oxygen atoms in total. The molecule has 98 valence electrons. The highest BCUT2D eigenvalue weighted by atomic mass is 79.9. The third-order valence-corrected chi connectivity index (χ3v) is 2.79. The third kappa shape index (κ3) is 4.37. The molecule has 0 spiro atoms. The minimum Gasteiger partial charge on any atom is -0.467 e. The zero-order valence-corrected chi connectivity index (χ0v) is 11.7. The summed E-state index contributed by atoms with van der Waals surface area (Å²) in [5, 5.41) is 2.43. The fraction of sp³-hybridized carbons (Fsp3) is 0.333. The van der Waals surface area contributed by atoms with Crippen molar-refractivity contribution >= 4 is 28.0 Å². The van der Waals surface area contributed by atoms with Gasteiger partial charge in [-0.05, 0) is 17.7 Å². The number of esters is 1. The van der Waals surface area contributed by atoms with Crippen molar-refractivity contribution in [2.75, 3.05) is 14.2 Å². The number of hydrogen-bond donors (Lipinski definition) is 1. The number of nitrogens with one attached hydrogen (secondary N) is 1. The van der Waals surface area contributed by atoms with Crippen LogP contribution in [-0.4, -0.2) is 32.3 Å². The fourth-order valence-electron chi connectivity index (χ4n) is 1.44. The minimum atomic E-state index is -0.767. The van der Waals surface area contributed by atoms with Crippen LogP contribution in [0.3, 0.4) is 0 Å². The van der Waals surface area contributed by atoms with Gasteiger partial charge in [-0.2, -0.15) is 0 Å². The van der Waals surface area contributed by atoms with Crippen molar-refractivity contribution in [3.05, 3.63) is 34.3 Å². The second kappa shape index (κ2) is 7.00. The van der Waals surface area contributed by atoms with Gasteiger partial charge in [-0.1, -0.05) is 28.1 Å². The Balaban J connectivity index is 2.78. The van der Waals surface area contributed by atoms with E-state index in [1.807, 2.05) is 24.3 Å². The van der Waals surface area contributed by atoms with Crippen molar-refractivity contribution in [1.82, 2.24) is 5.32 Å². The number of carbonyl (C=O) groups excluding carboxylic acids is 2. The number of hydrogen-bond acceptors (Lipinski definition) is 4. The molecule has 18 heavy (non-hydrogen) atoms. The van der Waals surface area contributed by atoms with E-state index in [-0.39, 0.29) is 0 Å². The Morgan fingerprint density at radius 3 is 2.61 bits per heavy atom. The van der Waals surface area contributed by atoms with Crippen LogP contribution in [0.25, 0.3) is 0 Å². The number of ether oxygens (including phenoxy) is 2. The first-order valence-electron chi connectivity index (χ1n) is 5.23. The number of amides is 1. The normalized spacial score (nSPS) is 11.5. The van der Waals surface area contributed by atoms with Crippen LogP contribution in [0.15, 0.2) is 28.7 Å². The Labute approximate surface area is 114 Å². The predicted octanol–water partition coefficient (Wildman–Crippen LogP) is 1.89. The van der Waals surface area contributed by atoms with Gasteiger partial charge in [0.05, 0.1) is 14.2 Å². The molecule has 1 N–H and O–H groups in total. The SMILES string of the molecule is COC(=O)N[C@H](Cc1cccc(Br)c1)C(=O)OC. The maximum Gasteiger partial charge on any atom is 0.407 e. The Bertz CT molecular complexity index is 436. The van der Waals surface area contributed by atoms with Gasteiger partial charge >= 0.3 is 12.1 Å². The first kappa shape index (κ1) is 14.5. The molecule has 1 aromatic rings. The zero-order valence-electron chi connectivity index (χ0n) is 10.1. The second-order valence-electron chi connectivity index (χ2n) is 3.55. The van der Waals surface area contributed by atoms with Crippen LogP contribution in [0.5, 0.6) is 0 Å². The molecule has 0 radical (unpaired) electrons. The van der Waals surface area contributed by atoms with Crippen LogP contribution in [0.4, 0.5) is 4.79 Å². The summed E-state index contributed by atoms with van der Waals surface area (Å²) in [4.78, 5) is 22.7. The summed E-state index contributed by atoms with van der Waals surface area (Å²) in [5.41, 5.74) is 0.899. The van der Waals surface area contributed by atoms with Crippen LogP contribution in [0.1, 0.15) is 5.56 Å². The van der Waals surface area contributed by atoms with Crippen LogP contribution in [0, 0.1) is 0 Å². The Hall–Kier alpha value is -1.56. The molecule has 1 atom stereocenters. The van der Waals surface area contributed by atoms with Gasteiger partial charge in [-0.15, -0.1) is 0 Å². The second-order valence-corrected chi connectivity index (χ2v) is 4.46. The average Bonchev–Trinajstić information content (AvgIpc) is 2.36. The third-order valence-electron chi connectivity index (χ3n) is 2.29. The highest BCUT2D eigenvalue weighted by Crippen LogP contribution is 2.13. The Kier molecular flexibility index (Phi) is 5.64. The molecule has 0 unspecified atom stereocenters. The monoisotopic (exact) mass is 315 g/mol. The summed E-state index contributed by atoms with van der Waals surface area (Å²) in [6.45, 7) is 0. The van der Waals surface area contributed by atoms with Gasteiger partial charge in [0.25, 0.3) is 0 Å². The Morgan fingerprint density at radius 1 is 1.33 bits per heavy atom. The zero-order chi connectivity index (χ0) is 13.5. The van der Waals surface area contributed by atoms with E-state index in [1.165, 1.54) is 14.2 Å². The van der Waals surface area contributed by atoms with E-state index in [2.05, 4.69) is 30.7 Å². The molecular weight excluding hydrogens is 302 g/mol. The highest BCUT2D eigenvalue weighted by Gasteiger charge is 2.22. The van der Waals surface area contributed by atoms with Crippen LogP contribution < -0.4 is 5.32 Å².